The molecule has 3 rings (SSSR count). The zero-order valence-corrected chi connectivity index (χ0v) is 19.3. The molecule has 2 N–H and O–H groups in total. The molecule has 0 aliphatic heterocycles. The highest BCUT2D eigenvalue weighted by Gasteiger charge is 2.14. The van der Waals surface area contributed by atoms with Gasteiger partial charge in [-0.2, -0.15) is 0 Å². The zero-order valence-electron chi connectivity index (χ0n) is 19.3. The van der Waals surface area contributed by atoms with Crippen molar-refractivity contribution < 1.29 is 14.3 Å². The predicted octanol–water partition coefficient (Wildman–Crippen LogP) is 3.99. The molecule has 0 atom stereocenters. The number of carbonyl (C=O) groups excluding carboxylic acids is 2. The minimum absolute atomic E-state index is 0.0643. The molecule has 0 saturated carbocycles. The van der Waals surface area contributed by atoms with Gasteiger partial charge < -0.3 is 19.9 Å². The van der Waals surface area contributed by atoms with Gasteiger partial charge in [-0.3, -0.25) is 9.59 Å². The molecule has 0 spiro atoms. The number of benzene rings is 2. The first-order valence-electron chi connectivity index (χ1n) is 11.1. The Morgan fingerprint density at radius 2 is 1.91 bits per heavy atom. The predicted molar refractivity (Wildman–Crippen MR) is 127 cm³/mol. The lowest BCUT2D eigenvalue weighted by molar-refractivity contribution is -0.125. The molecule has 0 fully saturated rings. The van der Waals surface area contributed by atoms with Crippen LogP contribution in [-0.2, 0) is 23.1 Å². The van der Waals surface area contributed by atoms with Crippen molar-refractivity contribution in [3.05, 3.63) is 53.9 Å². The Labute approximate surface area is 189 Å². The number of ether oxygens (including phenoxy) is 1. The van der Waals surface area contributed by atoms with Crippen LogP contribution in [0.15, 0.2) is 42.5 Å². The number of hydrogen-bond donors (Lipinski definition) is 2. The minimum atomic E-state index is -0.230. The number of imidazole rings is 1. The first-order chi connectivity index (χ1) is 15.4. The average molecular weight is 437 g/mol. The van der Waals surface area contributed by atoms with Gasteiger partial charge in [-0.1, -0.05) is 26.0 Å². The van der Waals surface area contributed by atoms with Gasteiger partial charge >= 0.3 is 0 Å². The van der Waals surface area contributed by atoms with Gasteiger partial charge in [0.25, 0.3) is 5.91 Å². The van der Waals surface area contributed by atoms with Crippen LogP contribution < -0.4 is 15.4 Å². The number of nitrogens with one attached hydrogen (secondary N) is 2. The van der Waals surface area contributed by atoms with Crippen molar-refractivity contribution >= 4 is 28.5 Å². The molecule has 7 nitrogen and oxygen atoms in total. The fourth-order valence-electron chi connectivity index (χ4n) is 3.70. The Kier molecular flexibility index (Phi) is 7.87. The molecule has 1 aromatic heterocycles. The maximum absolute atomic E-state index is 12.3. The van der Waals surface area contributed by atoms with Crippen LogP contribution in [-0.4, -0.2) is 34.5 Å². The van der Waals surface area contributed by atoms with E-state index in [0.717, 1.165) is 35.3 Å². The highest BCUT2D eigenvalue weighted by Crippen LogP contribution is 2.20. The summed E-state index contributed by atoms with van der Waals surface area (Å²) in [6.45, 7) is 6.52. The van der Waals surface area contributed by atoms with E-state index in [1.54, 1.807) is 0 Å². The van der Waals surface area contributed by atoms with E-state index in [1.807, 2.05) is 74.9 Å². The molecule has 0 saturated heterocycles. The number of aryl methyl sites for hydroxylation is 2. The summed E-state index contributed by atoms with van der Waals surface area (Å²) in [7, 11) is 1.96. The summed E-state index contributed by atoms with van der Waals surface area (Å²) in [5, 5.41) is 5.87. The summed E-state index contributed by atoms with van der Waals surface area (Å²) >= 11 is 0. The number of amides is 2. The van der Waals surface area contributed by atoms with E-state index < -0.39 is 0 Å². The maximum Gasteiger partial charge on any atom is 0.262 e. The highest BCUT2D eigenvalue weighted by molar-refractivity contribution is 5.94. The molecule has 0 radical (unpaired) electrons. The lowest BCUT2D eigenvalue weighted by Gasteiger charge is -2.12. The van der Waals surface area contributed by atoms with Gasteiger partial charge in [0, 0.05) is 31.6 Å². The highest BCUT2D eigenvalue weighted by atomic mass is 16.5. The van der Waals surface area contributed by atoms with E-state index in [4.69, 9.17) is 9.72 Å². The van der Waals surface area contributed by atoms with E-state index in [1.165, 1.54) is 0 Å². The quantitative estimate of drug-likeness (QED) is 0.503. The first-order valence-corrected chi connectivity index (χ1v) is 11.1. The second-order valence-electron chi connectivity index (χ2n) is 8.00. The van der Waals surface area contributed by atoms with Crippen molar-refractivity contribution in [1.82, 2.24) is 14.9 Å². The van der Waals surface area contributed by atoms with Crippen LogP contribution in [0.1, 0.15) is 38.1 Å². The van der Waals surface area contributed by atoms with Gasteiger partial charge in [-0.15, -0.1) is 0 Å². The molecule has 0 unspecified atom stereocenters. The van der Waals surface area contributed by atoms with Crippen molar-refractivity contribution in [1.29, 1.82) is 0 Å². The van der Waals surface area contributed by atoms with E-state index in [2.05, 4.69) is 10.6 Å². The number of anilines is 1. The third-order valence-electron chi connectivity index (χ3n) is 5.62. The van der Waals surface area contributed by atoms with Crippen LogP contribution in [0.5, 0.6) is 5.75 Å². The number of fused-ring (bicyclic) bond motifs is 1. The van der Waals surface area contributed by atoms with E-state index >= 15 is 0 Å². The summed E-state index contributed by atoms with van der Waals surface area (Å²) in [4.78, 5) is 29.2. The molecule has 0 bridgehead atoms. The number of hydrogen-bond acceptors (Lipinski definition) is 4. The Balaban J connectivity index is 1.58. The summed E-state index contributed by atoms with van der Waals surface area (Å²) < 4.78 is 7.58. The maximum atomic E-state index is 12.3. The van der Waals surface area contributed by atoms with Crippen LogP contribution in [0.4, 0.5) is 5.69 Å². The molecule has 2 amide bonds. The third kappa shape index (κ3) is 5.87. The topological polar surface area (TPSA) is 85.2 Å². The second kappa shape index (κ2) is 10.8. The standard InChI is InChI=1S/C25H32N4O3/c1-5-18(6-2)25(31)26-13-12-23-28-21-15-19(10-11-22(21)29(23)4)27-24(30)16-32-20-9-7-8-17(3)14-20/h7-11,14-15,18H,5-6,12-13,16H2,1-4H3,(H,26,31)(H,27,30). The van der Waals surface area contributed by atoms with Gasteiger partial charge in [-0.05, 0) is 55.7 Å². The number of aromatic nitrogens is 2. The second-order valence-corrected chi connectivity index (χ2v) is 8.00. The molecular formula is C25H32N4O3. The van der Waals surface area contributed by atoms with Gasteiger partial charge in [-0.25, -0.2) is 4.98 Å². The van der Waals surface area contributed by atoms with Gasteiger partial charge in [0.1, 0.15) is 11.6 Å². The van der Waals surface area contributed by atoms with Gasteiger partial charge in [0.05, 0.1) is 11.0 Å². The van der Waals surface area contributed by atoms with E-state index in [9.17, 15) is 9.59 Å². The summed E-state index contributed by atoms with van der Waals surface area (Å²) in [6, 6.07) is 13.2. The fraction of sp³-hybridized carbons (Fsp3) is 0.400. The molecule has 2 aromatic carbocycles. The molecule has 3 aromatic rings. The first kappa shape index (κ1) is 23.3. The minimum Gasteiger partial charge on any atom is -0.484 e. The van der Waals surface area contributed by atoms with Crippen molar-refractivity contribution in [2.75, 3.05) is 18.5 Å². The number of carbonyl (C=O) groups is 2. The SMILES string of the molecule is CCC(CC)C(=O)NCCc1nc2cc(NC(=O)COc3cccc(C)c3)ccc2n1C. The van der Waals surface area contributed by atoms with Crippen molar-refractivity contribution in [2.45, 2.75) is 40.0 Å². The van der Waals surface area contributed by atoms with Crippen molar-refractivity contribution in [2.24, 2.45) is 13.0 Å². The van der Waals surface area contributed by atoms with Crippen molar-refractivity contribution in [3.8, 4) is 5.75 Å². The molecule has 1 heterocycles. The molecule has 170 valence electrons. The Morgan fingerprint density at radius 3 is 2.62 bits per heavy atom. The molecule has 7 heteroatoms. The summed E-state index contributed by atoms with van der Waals surface area (Å²) in [5.41, 5.74) is 3.52. The Morgan fingerprint density at radius 1 is 1.12 bits per heavy atom. The summed E-state index contributed by atoms with van der Waals surface area (Å²) in [6.07, 6.45) is 2.33. The zero-order chi connectivity index (χ0) is 23.1. The van der Waals surface area contributed by atoms with Crippen LogP contribution in [0, 0.1) is 12.8 Å². The largest absolute Gasteiger partial charge is 0.484 e. The fourth-order valence-corrected chi connectivity index (χ4v) is 3.70. The van der Waals surface area contributed by atoms with E-state index in [0.29, 0.717) is 24.4 Å². The van der Waals surface area contributed by atoms with Gasteiger partial charge in [0.15, 0.2) is 6.61 Å². The van der Waals surface area contributed by atoms with E-state index in [-0.39, 0.29) is 24.3 Å². The summed E-state index contributed by atoms with van der Waals surface area (Å²) in [5.74, 6) is 1.49. The Bertz CT molecular complexity index is 1090. The monoisotopic (exact) mass is 436 g/mol. The average Bonchev–Trinajstić information content (AvgIpc) is 3.08. The Hall–Kier alpha value is -3.35. The smallest absolute Gasteiger partial charge is 0.262 e. The molecular weight excluding hydrogens is 404 g/mol. The van der Waals surface area contributed by atoms with Crippen LogP contribution >= 0.6 is 0 Å². The third-order valence-corrected chi connectivity index (χ3v) is 5.62. The van der Waals surface area contributed by atoms with Crippen LogP contribution in [0.25, 0.3) is 11.0 Å². The van der Waals surface area contributed by atoms with Crippen LogP contribution in [0.2, 0.25) is 0 Å². The lowest BCUT2D eigenvalue weighted by atomic mass is 10.0. The normalized spacial score (nSPS) is 11.0. The molecule has 32 heavy (non-hydrogen) atoms. The number of rotatable bonds is 10. The molecule has 0 aliphatic carbocycles. The molecule has 0 aliphatic rings. The van der Waals surface area contributed by atoms with Gasteiger partial charge in [0.2, 0.25) is 5.91 Å². The lowest BCUT2D eigenvalue weighted by Crippen LogP contribution is -2.32. The van der Waals surface area contributed by atoms with Crippen LogP contribution in [0.3, 0.4) is 0 Å². The van der Waals surface area contributed by atoms with Crippen molar-refractivity contribution in [3.63, 3.8) is 0 Å². The number of nitrogens with zero attached hydrogens (tertiary/aromatic N) is 2.